The Balaban J connectivity index is 1.60. The second-order valence-electron chi connectivity index (χ2n) is 8.56. The molecule has 4 heteroatoms. The van der Waals surface area contributed by atoms with Crippen LogP contribution in [-0.2, 0) is 10.5 Å². The van der Waals surface area contributed by atoms with Crippen molar-refractivity contribution in [1.82, 2.24) is 0 Å². The average molecular weight is 441 g/mol. The third kappa shape index (κ3) is 2.35. The molecule has 3 aromatic carbocycles. The number of hydrogen-bond donors (Lipinski definition) is 0. The number of benzene rings is 3. The number of carbonyl (C=O) groups is 1. The van der Waals surface area contributed by atoms with E-state index in [0.29, 0.717) is 0 Å². The fourth-order valence-electron chi connectivity index (χ4n) is 5.90. The van der Waals surface area contributed by atoms with Crippen molar-refractivity contribution in [3.8, 4) is 11.3 Å². The molecular formula is C27H20O2S2. The van der Waals surface area contributed by atoms with Crippen LogP contribution in [0.4, 0.5) is 0 Å². The molecule has 0 unspecified atom stereocenters. The molecule has 0 bridgehead atoms. The number of carbonyl (C=O) groups excluding carboxylic acids is 1. The summed E-state index contributed by atoms with van der Waals surface area (Å²) >= 11 is 4.06. The SMILES string of the molecule is O=C1c2cccc3oc(-c4ccccc4)c(c23)[C@H]2[C@@H]1Cc1ccccc1C21SCCS1. The molecule has 0 N–H and O–H groups in total. The highest BCUT2D eigenvalue weighted by Crippen LogP contribution is 2.68. The van der Waals surface area contributed by atoms with Gasteiger partial charge in [-0.2, -0.15) is 0 Å². The largest absolute Gasteiger partial charge is 0.456 e. The van der Waals surface area contributed by atoms with Gasteiger partial charge < -0.3 is 4.42 Å². The lowest BCUT2D eigenvalue weighted by Crippen LogP contribution is -2.42. The fourth-order valence-corrected chi connectivity index (χ4v) is 9.64. The lowest BCUT2D eigenvalue weighted by atomic mass is 9.65. The molecule has 7 rings (SSSR count). The van der Waals surface area contributed by atoms with E-state index < -0.39 is 0 Å². The second kappa shape index (κ2) is 6.54. The van der Waals surface area contributed by atoms with E-state index in [9.17, 15) is 4.79 Å². The highest BCUT2D eigenvalue weighted by atomic mass is 32.2. The van der Waals surface area contributed by atoms with Crippen LogP contribution in [0.2, 0.25) is 0 Å². The molecule has 2 heterocycles. The van der Waals surface area contributed by atoms with E-state index in [-0.39, 0.29) is 21.7 Å². The van der Waals surface area contributed by atoms with Crippen LogP contribution in [0.25, 0.3) is 22.3 Å². The molecular weight excluding hydrogens is 420 g/mol. The van der Waals surface area contributed by atoms with Crippen molar-refractivity contribution >= 4 is 40.3 Å². The Hall–Kier alpha value is -2.43. The van der Waals surface area contributed by atoms with E-state index in [1.165, 1.54) is 16.7 Å². The minimum Gasteiger partial charge on any atom is -0.456 e. The van der Waals surface area contributed by atoms with Gasteiger partial charge in [-0.1, -0.05) is 66.7 Å². The molecule has 4 aromatic rings. The van der Waals surface area contributed by atoms with Crippen molar-refractivity contribution < 1.29 is 9.21 Å². The summed E-state index contributed by atoms with van der Waals surface area (Å²) < 4.78 is 6.38. The summed E-state index contributed by atoms with van der Waals surface area (Å²) in [5, 5.41) is 1.04. The molecule has 2 atom stereocenters. The zero-order valence-electron chi connectivity index (χ0n) is 16.8. The summed E-state index contributed by atoms with van der Waals surface area (Å²) in [6.07, 6.45) is 0.803. The predicted molar refractivity (Wildman–Crippen MR) is 129 cm³/mol. The predicted octanol–water partition coefficient (Wildman–Crippen LogP) is 6.89. The summed E-state index contributed by atoms with van der Waals surface area (Å²) in [6, 6.07) is 25.2. The highest BCUT2D eigenvalue weighted by Gasteiger charge is 2.57. The molecule has 1 fully saturated rings. The molecule has 2 aliphatic carbocycles. The molecule has 3 aliphatic rings. The summed E-state index contributed by atoms with van der Waals surface area (Å²) in [4.78, 5) is 13.9. The first-order chi connectivity index (χ1) is 15.3. The summed E-state index contributed by atoms with van der Waals surface area (Å²) in [5.74, 6) is 3.51. The first-order valence-corrected chi connectivity index (χ1v) is 12.8. The average Bonchev–Trinajstić information content (AvgIpc) is 3.45. The van der Waals surface area contributed by atoms with E-state index in [1.54, 1.807) is 0 Å². The van der Waals surface area contributed by atoms with Crippen LogP contribution >= 0.6 is 23.5 Å². The number of ketones is 1. The Morgan fingerprint density at radius 1 is 0.871 bits per heavy atom. The van der Waals surface area contributed by atoms with Gasteiger partial charge in [-0.25, -0.2) is 0 Å². The molecule has 2 nitrogen and oxygen atoms in total. The molecule has 152 valence electrons. The van der Waals surface area contributed by atoms with E-state index in [1.807, 2.05) is 47.8 Å². The van der Waals surface area contributed by atoms with E-state index in [2.05, 4.69) is 48.5 Å². The van der Waals surface area contributed by atoms with E-state index in [4.69, 9.17) is 4.42 Å². The lowest BCUT2D eigenvalue weighted by Gasteiger charge is -2.47. The maximum atomic E-state index is 13.9. The number of hydrogen-bond acceptors (Lipinski definition) is 4. The standard InChI is InChI=1S/C27H20O2S2/c28-25-18-10-6-12-21-22(18)23(26(29-21)16-7-2-1-3-8-16)24-19(25)15-17-9-4-5-11-20(17)27(24)30-13-14-31-27/h1-12,19,24H,13-15H2/t19-,24+/m0/s1. The highest BCUT2D eigenvalue weighted by molar-refractivity contribution is 8.20. The fraction of sp³-hybridized carbons (Fsp3) is 0.222. The number of thioether (sulfide) groups is 2. The zero-order chi connectivity index (χ0) is 20.6. The zero-order valence-corrected chi connectivity index (χ0v) is 18.5. The topological polar surface area (TPSA) is 30.2 Å². The molecule has 0 radical (unpaired) electrons. The van der Waals surface area contributed by atoms with Gasteiger partial charge in [0.15, 0.2) is 5.78 Å². The van der Waals surface area contributed by atoms with Gasteiger partial charge >= 0.3 is 0 Å². The summed E-state index contributed by atoms with van der Waals surface area (Å²) in [6.45, 7) is 0. The minimum absolute atomic E-state index is 0.0498. The van der Waals surface area contributed by atoms with Crippen molar-refractivity contribution in [1.29, 1.82) is 0 Å². The Labute approximate surface area is 189 Å². The van der Waals surface area contributed by atoms with Crippen molar-refractivity contribution in [2.24, 2.45) is 5.92 Å². The van der Waals surface area contributed by atoms with Crippen molar-refractivity contribution in [3.05, 3.63) is 95.1 Å². The van der Waals surface area contributed by atoms with Crippen LogP contribution in [0.5, 0.6) is 0 Å². The first-order valence-electron chi connectivity index (χ1n) is 10.8. The number of rotatable bonds is 1. The third-order valence-electron chi connectivity index (χ3n) is 7.06. The number of furan rings is 1. The molecule has 31 heavy (non-hydrogen) atoms. The maximum Gasteiger partial charge on any atom is 0.167 e. The van der Waals surface area contributed by atoms with Gasteiger partial charge in [-0.05, 0) is 23.6 Å². The van der Waals surface area contributed by atoms with Crippen LogP contribution in [0, 0.1) is 5.92 Å². The van der Waals surface area contributed by atoms with Gasteiger partial charge in [-0.15, -0.1) is 23.5 Å². The van der Waals surface area contributed by atoms with E-state index >= 15 is 0 Å². The lowest BCUT2D eigenvalue weighted by molar-refractivity contribution is 0.0884. The van der Waals surface area contributed by atoms with Gasteiger partial charge in [0.25, 0.3) is 0 Å². The molecule has 1 aromatic heterocycles. The second-order valence-corrected chi connectivity index (χ2v) is 11.5. The van der Waals surface area contributed by atoms with Gasteiger partial charge in [0.1, 0.15) is 11.3 Å². The summed E-state index contributed by atoms with van der Waals surface area (Å²) in [5.41, 5.74) is 6.75. The van der Waals surface area contributed by atoms with Crippen LogP contribution in [0.3, 0.4) is 0 Å². The number of fused-ring (bicyclic) bond motifs is 5. The van der Waals surface area contributed by atoms with Crippen LogP contribution in [-0.4, -0.2) is 17.3 Å². The Bertz CT molecular complexity index is 1350. The quantitative estimate of drug-likeness (QED) is 0.323. The summed E-state index contributed by atoms with van der Waals surface area (Å²) in [7, 11) is 0. The molecule has 1 aliphatic heterocycles. The van der Waals surface area contributed by atoms with E-state index in [0.717, 1.165) is 45.8 Å². The Kier molecular flexibility index (Phi) is 3.83. The number of Topliss-reactive ketones (excluding diaryl/α,β-unsaturated/α-hetero) is 1. The normalized spacial score (nSPS) is 23.2. The molecule has 1 spiro atoms. The van der Waals surface area contributed by atoms with Gasteiger partial charge in [0, 0.05) is 45.4 Å². The smallest absolute Gasteiger partial charge is 0.167 e. The Morgan fingerprint density at radius 2 is 1.65 bits per heavy atom. The third-order valence-corrected chi connectivity index (χ3v) is 10.6. The van der Waals surface area contributed by atoms with Crippen LogP contribution in [0.1, 0.15) is 33.0 Å². The van der Waals surface area contributed by atoms with Crippen molar-refractivity contribution in [3.63, 3.8) is 0 Å². The van der Waals surface area contributed by atoms with Gasteiger partial charge in [0.2, 0.25) is 0 Å². The first kappa shape index (κ1) is 18.2. The molecule has 1 saturated heterocycles. The van der Waals surface area contributed by atoms with Crippen LogP contribution < -0.4 is 0 Å². The molecule has 0 amide bonds. The van der Waals surface area contributed by atoms with Gasteiger partial charge in [-0.3, -0.25) is 4.79 Å². The molecule has 0 saturated carbocycles. The monoisotopic (exact) mass is 440 g/mol. The maximum absolute atomic E-state index is 13.9. The minimum atomic E-state index is -0.136. The van der Waals surface area contributed by atoms with Crippen LogP contribution in [0.15, 0.2) is 77.2 Å². The van der Waals surface area contributed by atoms with Crippen molar-refractivity contribution in [2.75, 3.05) is 11.5 Å². The Morgan fingerprint density at radius 3 is 2.48 bits per heavy atom. The van der Waals surface area contributed by atoms with Gasteiger partial charge in [0.05, 0.1) is 4.08 Å². The van der Waals surface area contributed by atoms with Crippen molar-refractivity contribution in [2.45, 2.75) is 16.4 Å².